The second kappa shape index (κ2) is 4.77. The van der Waals surface area contributed by atoms with Crippen LogP contribution < -0.4 is 0 Å². The summed E-state index contributed by atoms with van der Waals surface area (Å²) < 4.78 is 31.9. The summed E-state index contributed by atoms with van der Waals surface area (Å²) in [5.74, 6) is -0.409. The number of rotatable bonds is 4. The highest BCUT2D eigenvalue weighted by Gasteiger charge is 2.02. The lowest BCUT2D eigenvalue weighted by atomic mass is 10.0. The molecule has 0 aliphatic rings. The molecule has 0 unspecified atom stereocenters. The molecule has 84 valence electrons. The van der Waals surface area contributed by atoms with Gasteiger partial charge in [0.1, 0.15) is 0 Å². The van der Waals surface area contributed by atoms with Crippen LogP contribution in [0, 0.1) is 0 Å². The Morgan fingerprint density at radius 1 is 1.00 bits per heavy atom. The maximum absolute atomic E-state index is 10.6. The smallest absolute Gasteiger partial charge is 0.0988 e. The van der Waals surface area contributed by atoms with E-state index in [-0.39, 0.29) is 0 Å². The van der Waals surface area contributed by atoms with Crippen LogP contribution in [0.5, 0.6) is 0 Å². The summed E-state index contributed by atoms with van der Waals surface area (Å²) in [6, 6.07) is 5.62. The fourth-order valence-corrected chi connectivity index (χ4v) is 2.11. The highest BCUT2D eigenvalue weighted by molar-refractivity contribution is 7.84. The molecule has 0 aliphatic heterocycles. The molecule has 0 spiro atoms. The molecule has 0 saturated heterocycles. The van der Waals surface area contributed by atoms with Crippen molar-refractivity contribution < 1.29 is 13.0 Å². The summed E-state index contributed by atoms with van der Waals surface area (Å²) >= 11 is 0. The van der Waals surface area contributed by atoms with Gasteiger partial charge in [-0.05, 0) is 29.5 Å². The Hall–Kier alpha value is -0.870. The lowest BCUT2D eigenvalue weighted by molar-refractivity contribution is 0.462. The van der Waals surface area contributed by atoms with E-state index in [1.54, 1.807) is 12.1 Å². The quantitative estimate of drug-likeness (QED) is 0.738. The molecule has 0 atom stereocenters. The Bertz CT molecular complexity index is 413. The minimum Gasteiger partial charge on any atom is -0.748 e. The van der Waals surface area contributed by atoms with Gasteiger partial charge in [-0.3, -0.25) is 0 Å². The van der Waals surface area contributed by atoms with Gasteiger partial charge in [0.05, 0.1) is 15.9 Å². The molecule has 0 heterocycles. The summed E-state index contributed by atoms with van der Waals surface area (Å²) in [5.41, 5.74) is 2.75. The second-order valence-corrected chi connectivity index (χ2v) is 4.97. The van der Waals surface area contributed by atoms with Gasteiger partial charge < -0.3 is 4.55 Å². The van der Waals surface area contributed by atoms with Crippen LogP contribution in [0.3, 0.4) is 0 Å². The number of hydrogen-bond acceptors (Lipinski definition) is 3. The molecule has 0 fully saturated rings. The first-order valence-corrected chi connectivity index (χ1v) is 6.57. The van der Waals surface area contributed by atoms with Crippen molar-refractivity contribution in [3.63, 3.8) is 0 Å². The molecule has 0 aliphatic carbocycles. The van der Waals surface area contributed by atoms with Crippen LogP contribution in [-0.2, 0) is 28.7 Å². The number of benzene rings is 1. The minimum absolute atomic E-state index is 0.409. The van der Waals surface area contributed by atoms with Crippen molar-refractivity contribution in [3.05, 3.63) is 34.9 Å². The summed E-state index contributed by atoms with van der Waals surface area (Å²) in [5, 5.41) is 0. The van der Waals surface area contributed by atoms with Crippen LogP contribution in [-0.4, -0.2) is 13.0 Å². The summed E-state index contributed by atoms with van der Waals surface area (Å²) in [4.78, 5) is 0. The average Bonchev–Trinajstić information content (AvgIpc) is 2.14. The molecule has 1 aromatic rings. The van der Waals surface area contributed by atoms with Gasteiger partial charge in [-0.2, -0.15) is 0 Å². The summed E-state index contributed by atoms with van der Waals surface area (Å²) in [7, 11) is -4.18. The zero-order valence-electron chi connectivity index (χ0n) is 8.99. The van der Waals surface area contributed by atoms with Crippen molar-refractivity contribution in [3.8, 4) is 0 Å². The third kappa shape index (κ3) is 4.01. The van der Waals surface area contributed by atoms with Crippen LogP contribution in [0.1, 0.15) is 30.5 Å². The fraction of sp³-hybridized carbons (Fsp3) is 0.455. The Morgan fingerprint density at radius 2 is 1.40 bits per heavy atom. The van der Waals surface area contributed by atoms with Gasteiger partial charge >= 0.3 is 0 Å². The minimum atomic E-state index is -4.18. The van der Waals surface area contributed by atoms with E-state index in [1.807, 2.05) is 19.9 Å². The van der Waals surface area contributed by atoms with E-state index in [0.29, 0.717) is 5.56 Å². The number of hydrogen-bond donors (Lipinski definition) is 0. The van der Waals surface area contributed by atoms with Gasteiger partial charge in [-0.1, -0.05) is 32.0 Å². The normalized spacial score (nSPS) is 11.7. The predicted molar refractivity (Wildman–Crippen MR) is 58.6 cm³/mol. The van der Waals surface area contributed by atoms with Gasteiger partial charge in [0.25, 0.3) is 0 Å². The summed E-state index contributed by atoms with van der Waals surface area (Å²) in [6.07, 6.45) is 1.69. The predicted octanol–water partition coefficient (Wildman–Crippen LogP) is 1.86. The average molecular weight is 227 g/mol. The molecule has 0 N–H and O–H groups in total. The van der Waals surface area contributed by atoms with E-state index in [0.717, 1.165) is 24.0 Å². The van der Waals surface area contributed by atoms with E-state index in [2.05, 4.69) is 0 Å². The molecular formula is C11H15O3S-. The monoisotopic (exact) mass is 227 g/mol. The Labute approximate surface area is 90.9 Å². The largest absolute Gasteiger partial charge is 0.748 e. The molecule has 3 nitrogen and oxygen atoms in total. The van der Waals surface area contributed by atoms with Crippen LogP contribution in [0.15, 0.2) is 18.2 Å². The van der Waals surface area contributed by atoms with Gasteiger partial charge in [0.15, 0.2) is 0 Å². The fourth-order valence-electron chi connectivity index (χ4n) is 1.54. The lowest BCUT2D eigenvalue weighted by Crippen LogP contribution is -2.03. The molecule has 0 aromatic heterocycles. The van der Waals surface area contributed by atoms with Crippen molar-refractivity contribution in [1.29, 1.82) is 0 Å². The zero-order chi connectivity index (χ0) is 11.5. The SMILES string of the molecule is CCc1cc(CC)cc(CS(=O)(=O)[O-])c1. The molecule has 4 heteroatoms. The van der Waals surface area contributed by atoms with E-state index >= 15 is 0 Å². The zero-order valence-corrected chi connectivity index (χ0v) is 9.80. The first-order valence-electron chi connectivity index (χ1n) is 5.00. The molecule has 0 saturated carbocycles. The van der Waals surface area contributed by atoms with Crippen molar-refractivity contribution in [2.75, 3.05) is 0 Å². The first kappa shape index (κ1) is 12.2. The molecule has 1 rings (SSSR count). The van der Waals surface area contributed by atoms with Crippen molar-refractivity contribution in [1.82, 2.24) is 0 Å². The van der Waals surface area contributed by atoms with Gasteiger partial charge in [0.2, 0.25) is 0 Å². The van der Waals surface area contributed by atoms with Crippen LogP contribution in [0.4, 0.5) is 0 Å². The van der Waals surface area contributed by atoms with Crippen molar-refractivity contribution in [2.45, 2.75) is 32.4 Å². The van der Waals surface area contributed by atoms with E-state index in [9.17, 15) is 13.0 Å². The maximum atomic E-state index is 10.6. The topological polar surface area (TPSA) is 57.2 Å². The van der Waals surface area contributed by atoms with E-state index < -0.39 is 15.9 Å². The van der Waals surface area contributed by atoms with E-state index in [4.69, 9.17) is 0 Å². The van der Waals surface area contributed by atoms with Crippen LogP contribution in [0.2, 0.25) is 0 Å². The van der Waals surface area contributed by atoms with Gasteiger partial charge in [-0.25, -0.2) is 8.42 Å². The van der Waals surface area contributed by atoms with Crippen molar-refractivity contribution >= 4 is 10.1 Å². The third-order valence-electron chi connectivity index (χ3n) is 2.27. The highest BCUT2D eigenvalue weighted by Crippen LogP contribution is 2.14. The van der Waals surface area contributed by atoms with Crippen molar-refractivity contribution in [2.24, 2.45) is 0 Å². The molecule has 0 radical (unpaired) electrons. The molecule has 1 aromatic carbocycles. The molecular weight excluding hydrogens is 212 g/mol. The third-order valence-corrected chi connectivity index (χ3v) is 2.96. The standard InChI is InChI=1S/C11H16O3S/c1-3-9-5-10(4-2)7-11(6-9)8-15(12,13)14/h5-7H,3-4,8H2,1-2H3,(H,12,13,14)/p-1. The maximum Gasteiger partial charge on any atom is 0.0988 e. The van der Waals surface area contributed by atoms with E-state index in [1.165, 1.54) is 0 Å². The van der Waals surface area contributed by atoms with Gasteiger partial charge in [-0.15, -0.1) is 0 Å². The Morgan fingerprint density at radius 3 is 1.73 bits per heavy atom. The molecule has 0 amide bonds. The number of aryl methyl sites for hydroxylation is 2. The first-order chi connectivity index (χ1) is 6.94. The van der Waals surface area contributed by atoms with Gasteiger partial charge in [0, 0.05) is 0 Å². The summed E-state index contributed by atoms with van der Waals surface area (Å²) in [6.45, 7) is 4.01. The Kier molecular flexibility index (Phi) is 3.88. The highest BCUT2D eigenvalue weighted by atomic mass is 32.2. The van der Waals surface area contributed by atoms with Crippen LogP contribution >= 0.6 is 0 Å². The molecule has 15 heavy (non-hydrogen) atoms. The second-order valence-electron chi connectivity index (χ2n) is 3.57. The lowest BCUT2D eigenvalue weighted by Gasteiger charge is -2.10. The Balaban J connectivity index is 3.07. The molecule has 0 bridgehead atoms. The van der Waals surface area contributed by atoms with Crippen LogP contribution in [0.25, 0.3) is 0 Å².